The van der Waals surface area contributed by atoms with E-state index in [0.29, 0.717) is 19.0 Å². The van der Waals surface area contributed by atoms with Gasteiger partial charge in [-0.1, -0.05) is 13.8 Å². The van der Waals surface area contributed by atoms with Crippen LogP contribution >= 0.6 is 11.3 Å². The molecule has 0 radical (unpaired) electrons. The third-order valence-corrected chi connectivity index (χ3v) is 6.86. The third kappa shape index (κ3) is 4.52. The largest absolute Gasteiger partial charge is 0.296 e. The van der Waals surface area contributed by atoms with Gasteiger partial charge in [0.2, 0.25) is 0 Å². The SMILES string of the molecule is CC(C)Cc1ccc(CN2CCN(S(=O)(=O)N(C)C)CC2)s1. The highest BCUT2D eigenvalue weighted by atomic mass is 32.2. The van der Waals surface area contributed by atoms with Crippen LogP contribution in [0.5, 0.6) is 0 Å². The van der Waals surface area contributed by atoms with Gasteiger partial charge in [0, 0.05) is 56.6 Å². The Bertz CT molecular complexity index is 573. The van der Waals surface area contributed by atoms with Crippen molar-refractivity contribution in [2.75, 3.05) is 40.3 Å². The molecule has 2 heterocycles. The Labute approximate surface area is 138 Å². The molecular formula is C15H27N3O2S2. The van der Waals surface area contributed by atoms with Crippen LogP contribution in [0, 0.1) is 5.92 Å². The first-order chi connectivity index (χ1) is 10.3. The lowest BCUT2D eigenvalue weighted by atomic mass is 10.1. The molecule has 126 valence electrons. The number of rotatable bonds is 6. The molecule has 1 saturated heterocycles. The number of hydrogen-bond acceptors (Lipinski definition) is 4. The van der Waals surface area contributed by atoms with E-state index in [1.54, 1.807) is 18.4 Å². The van der Waals surface area contributed by atoms with Crippen LogP contribution < -0.4 is 0 Å². The predicted molar refractivity (Wildman–Crippen MR) is 92.3 cm³/mol. The standard InChI is InChI=1S/C15H27N3O2S2/c1-13(2)11-14-5-6-15(21-14)12-17-7-9-18(10-8-17)22(19,20)16(3)4/h5-6,13H,7-12H2,1-4H3. The van der Waals surface area contributed by atoms with E-state index in [2.05, 4.69) is 30.9 Å². The average molecular weight is 346 g/mol. The predicted octanol–water partition coefficient (Wildman–Crippen LogP) is 1.87. The smallest absolute Gasteiger partial charge is 0.281 e. The fraction of sp³-hybridized carbons (Fsp3) is 0.733. The van der Waals surface area contributed by atoms with Gasteiger partial charge >= 0.3 is 0 Å². The van der Waals surface area contributed by atoms with Gasteiger partial charge in [-0.15, -0.1) is 11.3 Å². The van der Waals surface area contributed by atoms with Crippen molar-refractivity contribution in [1.82, 2.24) is 13.5 Å². The summed E-state index contributed by atoms with van der Waals surface area (Å²) in [6, 6.07) is 4.44. The lowest BCUT2D eigenvalue weighted by molar-refractivity contribution is 0.178. The molecule has 1 aromatic rings. The summed E-state index contributed by atoms with van der Waals surface area (Å²) in [5.41, 5.74) is 0. The zero-order chi connectivity index (χ0) is 16.3. The number of thiophene rings is 1. The molecule has 0 unspecified atom stereocenters. The Morgan fingerprint density at radius 1 is 1.14 bits per heavy atom. The van der Waals surface area contributed by atoms with Crippen LogP contribution in [0.1, 0.15) is 23.6 Å². The first-order valence-electron chi connectivity index (χ1n) is 7.76. The molecule has 1 aromatic heterocycles. The van der Waals surface area contributed by atoms with Gasteiger partial charge in [0.15, 0.2) is 0 Å². The lowest BCUT2D eigenvalue weighted by Crippen LogP contribution is -2.51. The number of nitrogens with zero attached hydrogens (tertiary/aromatic N) is 3. The van der Waals surface area contributed by atoms with Crippen LogP contribution in [0.3, 0.4) is 0 Å². The molecule has 22 heavy (non-hydrogen) atoms. The summed E-state index contributed by atoms with van der Waals surface area (Å²) in [6.07, 6.45) is 1.14. The highest BCUT2D eigenvalue weighted by Gasteiger charge is 2.28. The van der Waals surface area contributed by atoms with Crippen LogP contribution in [-0.4, -0.2) is 62.2 Å². The van der Waals surface area contributed by atoms with Gasteiger partial charge in [-0.2, -0.15) is 17.0 Å². The molecule has 0 bridgehead atoms. The third-order valence-electron chi connectivity index (χ3n) is 3.83. The van der Waals surface area contributed by atoms with E-state index in [4.69, 9.17) is 0 Å². The van der Waals surface area contributed by atoms with Gasteiger partial charge in [-0.25, -0.2) is 0 Å². The van der Waals surface area contributed by atoms with E-state index >= 15 is 0 Å². The van der Waals surface area contributed by atoms with E-state index in [-0.39, 0.29) is 0 Å². The zero-order valence-electron chi connectivity index (χ0n) is 13.9. The van der Waals surface area contributed by atoms with Gasteiger partial charge in [0.25, 0.3) is 10.2 Å². The van der Waals surface area contributed by atoms with Crippen LogP contribution in [0.15, 0.2) is 12.1 Å². The molecule has 0 spiro atoms. The van der Waals surface area contributed by atoms with Crippen LogP contribution in [0.2, 0.25) is 0 Å². The molecule has 0 saturated carbocycles. The molecule has 0 atom stereocenters. The Balaban J connectivity index is 1.86. The van der Waals surface area contributed by atoms with Gasteiger partial charge in [0.1, 0.15) is 0 Å². The summed E-state index contributed by atoms with van der Waals surface area (Å²) in [7, 11) is -0.0892. The highest BCUT2D eigenvalue weighted by Crippen LogP contribution is 2.22. The van der Waals surface area contributed by atoms with Crippen molar-refractivity contribution >= 4 is 21.5 Å². The first kappa shape index (κ1) is 17.9. The van der Waals surface area contributed by atoms with E-state index in [0.717, 1.165) is 26.1 Å². The molecule has 5 nitrogen and oxygen atoms in total. The molecule has 0 aliphatic carbocycles. The van der Waals surface area contributed by atoms with Gasteiger partial charge in [0.05, 0.1) is 0 Å². The summed E-state index contributed by atoms with van der Waals surface area (Å²) >= 11 is 1.88. The summed E-state index contributed by atoms with van der Waals surface area (Å²) in [6.45, 7) is 8.15. The van der Waals surface area contributed by atoms with E-state index in [1.807, 2.05) is 11.3 Å². The molecule has 1 aliphatic rings. The Kier molecular flexibility index (Phi) is 6.01. The van der Waals surface area contributed by atoms with E-state index < -0.39 is 10.2 Å². The summed E-state index contributed by atoms with van der Waals surface area (Å²) in [5, 5.41) is 0. The maximum Gasteiger partial charge on any atom is 0.281 e. The minimum Gasteiger partial charge on any atom is -0.296 e. The highest BCUT2D eigenvalue weighted by molar-refractivity contribution is 7.86. The van der Waals surface area contributed by atoms with Crippen LogP contribution in [0.25, 0.3) is 0 Å². The fourth-order valence-corrected chi connectivity index (χ4v) is 4.95. The number of hydrogen-bond donors (Lipinski definition) is 0. The van der Waals surface area contributed by atoms with E-state index in [9.17, 15) is 8.42 Å². The van der Waals surface area contributed by atoms with Gasteiger partial charge in [-0.05, 0) is 24.5 Å². The van der Waals surface area contributed by atoms with Crippen molar-refractivity contribution in [3.8, 4) is 0 Å². The Morgan fingerprint density at radius 3 is 2.27 bits per heavy atom. The minimum absolute atomic E-state index is 0.574. The van der Waals surface area contributed by atoms with Crippen molar-refractivity contribution < 1.29 is 8.42 Å². The topological polar surface area (TPSA) is 43.9 Å². The normalized spacial score (nSPS) is 18.5. The van der Waals surface area contributed by atoms with Crippen molar-refractivity contribution in [3.05, 3.63) is 21.9 Å². The monoisotopic (exact) mass is 345 g/mol. The average Bonchev–Trinajstić information content (AvgIpc) is 2.85. The molecule has 0 amide bonds. The second kappa shape index (κ2) is 7.40. The van der Waals surface area contributed by atoms with Crippen molar-refractivity contribution in [3.63, 3.8) is 0 Å². The molecule has 0 N–H and O–H groups in total. The van der Waals surface area contributed by atoms with Crippen molar-refractivity contribution in [1.29, 1.82) is 0 Å². The zero-order valence-corrected chi connectivity index (χ0v) is 15.6. The second-order valence-electron chi connectivity index (χ2n) is 6.43. The first-order valence-corrected chi connectivity index (χ1v) is 9.98. The number of piperazine rings is 1. The molecule has 2 rings (SSSR count). The van der Waals surface area contributed by atoms with E-state index in [1.165, 1.54) is 14.1 Å². The summed E-state index contributed by atoms with van der Waals surface area (Å²) < 4.78 is 27.0. The molecule has 7 heteroatoms. The van der Waals surface area contributed by atoms with Crippen LogP contribution in [-0.2, 0) is 23.2 Å². The Hall–Kier alpha value is -0.470. The summed E-state index contributed by atoms with van der Waals surface area (Å²) in [4.78, 5) is 5.16. The quantitative estimate of drug-likeness (QED) is 0.791. The van der Waals surface area contributed by atoms with Crippen molar-refractivity contribution in [2.45, 2.75) is 26.8 Å². The fourth-order valence-electron chi connectivity index (χ4n) is 2.59. The van der Waals surface area contributed by atoms with Gasteiger partial charge < -0.3 is 0 Å². The maximum atomic E-state index is 12.1. The summed E-state index contributed by atoms with van der Waals surface area (Å²) in [5.74, 6) is 0.686. The minimum atomic E-state index is -3.26. The molecular weight excluding hydrogens is 318 g/mol. The molecule has 1 fully saturated rings. The molecule has 1 aliphatic heterocycles. The lowest BCUT2D eigenvalue weighted by Gasteiger charge is -2.34. The van der Waals surface area contributed by atoms with Crippen LogP contribution in [0.4, 0.5) is 0 Å². The van der Waals surface area contributed by atoms with Crippen molar-refractivity contribution in [2.24, 2.45) is 5.92 Å². The maximum absolute atomic E-state index is 12.1. The van der Waals surface area contributed by atoms with Gasteiger partial charge in [-0.3, -0.25) is 4.90 Å². The second-order valence-corrected chi connectivity index (χ2v) is 9.83. The molecule has 0 aromatic carbocycles. The Morgan fingerprint density at radius 2 is 1.73 bits per heavy atom.